The molecule has 0 bridgehead atoms. The minimum atomic E-state index is -0.798. The average Bonchev–Trinajstić information content (AvgIpc) is 2.65. The Bertz CT molecular complexity index is 401. The summed E-state index contributed by atoms with van der Waals surface area (Å²) in [7, 11) is 0. The summed E-state index contributed by atoms with van der Waals surface area (Å²) in [5.41, 5.74) is 0.829. The number of nitrogens with one attached hydrogen (secondary N) is 1. The first-order valence-electron chi connectivity index (χ1n) is 5.46. The Hall–Kier alpha value is -1.43. The number of anilines is 1. The van der Waals surface area contributed by atoms with Crippen LogP contribution in [0.25, 0.3) is 0 Å². The zero-order valence-electron chi connectivity index (χ0n) is 9.90. The van der Waals surface area contributed by atoms with Crippen LogP contribution in [0.1, 0.15) is 32.4 Å². The van der Waals surface area contributed by atoms with Crippen molar-refractivity contribution >= 4 is 28.3 Å². The smallest absolute Gasteiger partial charge is 0.303 e. The number of nitrogens with zero attached hydrogens (tertiary/aromatic N) is 1. The molecule has 1 aromatic heterocycles. The highest BCUT2D eigenvalue weighted by atomic mass is 32.1. The van der Waals surface area contributed by atoms with E-state index >= 15 is 0 Å². The van der Waals surface area contributed by atoms with E-state index in [0.717, 1.165) is 5.69 Å². The number of carbonyl (C=O) groups is 2. The molecule has 0 radical (unpaired) electrons. The molecule has 0 unspecified atom stereocenters. The van der Waals surface area contributed by atoms with Crippen LogP contribution in [0.3, 0.4) is 0 Å². The number of aryl methyl sites for hydroxylation is 1. The van der Waals surface area contributed by atoms with Gasteiger partial charge in [0, 0.05) is 17.7 Å². The Morgan fingerprint density at radius 1 is 1.53 bits per heavy atom. The van der Waals surface area contributed by atoms with Crippen molar-refractivity contribution in [2.45, 2.75) is 33.1 Å². The number of hydrogen-bond donors (Lipinski definition) is 2. The van der Waals surface area contributed by atoms with E-state index in [1.807, 2.05) is 19.2 Å². The number of thiazole rings is 1. The zero-order chi connectivity index (χ0) is 12.8. The molecule has 1 heterocycles. The fourth-order valence-corrected chi connectivity index (χ4v) is 1.90. The number of carboxylic acids is 1. The first-order valence-corrected chi connectivity index (χ1v) is 6.34. The van der Waals surface area contributed by atoms with Gasteiger partial charge in [-0.05, 0) is 12.8 Å². The van der Waals surface area contributed by atoms with Gasteiger partial charge in [0.2, 0.25) is 5.91 Å². The Morgan fingerprint density at radius 3 is 2.82 bits per heavy atom. The lowest BCUT2D eigenvalue weighted by molar-refractivity contribution is -0.137. The van der Waals surface area contributed by atoms with Gasteiger partial charge in [-0.15, -0.1) is 11.3 Å². The van der Waals surface area contributed by atoms with Crippen molar-refractivity contribution in [3.63, 3.8) is 0 Å². The summed E-state index contributed by atoms with van der Waals surface area (Å²) in [4.78, 5) is 26.0. The molecule has 0 fully saturated rings. The van der Waals surface area contributed by atoms with Gasteiger partial charge in [-0.3, -0.25) is 9.59 Å². The second-order valence-electron chi connectivity index (χ2n) is 4.04. The summed E-state index contributed by atoms with van der Waals surface area (Å²) in [6.45, 7) is 3.63. The topological polar surface area (TPSA) is 79.3 Å². The van der Waals surface area contributed by atoms with Crippen molar-refractivity contribution in [1.29, 1.82) is 0 Å². The highest BCUT2D eigenvalue weighted by Crippen LogP contribution is 2.17. The second kappa shape index (κ2) is 6.34. The molecule has 0 saturated carbocycles. The molecule has 0 aliphatic rings. The minimum absolute atomic E-state index is 0.0589. The van der Waals surface area contributed by atoms with Crippen molar-refractivity contribution in [3.05, 3.63) is 11.1 Å². The van der Waals surface area contributed by atoms with E-state index in [-0.39, 0.29) is 18.2 Å². The lowest BCUT2D eigenvalue weighted by Crippen LogP contribution is -2.17. The Balaban J connectivity index is 2.42. The molecule has 2 N–H and O–H groups in total. The SMILES string of the molecule is CC(C)C(=O)Nc1nc(CCCC(=O)O)cs1. The minimum Gasteiger partial charge on any atom is -0.481 e. The maximum atomic E-state index is 11.4. The quantitative estimate of drug-likeness (QED) is 0.817. The lowest BCUT2D eigenvalue weighted by atomic mass is 10.2. The van der Waals surface area contributed by atoms with Crippen molar-refractivity contribution in [1.82, 2.24) is 4.98 Å². The number of carbonyl (C=O) groups excluding carboxylic acids is 1. The fourth-order valence-electron chi connectivity index (χ4n) is 1.15. The molecule has 0 saturated heterocycles. The van der Waals surface area contributed by atoms with Crippen molar-refractivity contribution in [3.8, 4) is 0 Å². The van der Waals surface area contributed by atoms with Gasteiger partial charge in [-0.2, -0.15) is 0 Å². The lowest BCUT2D eigenvalue weighted by Gasteiger charge is -2.03. The Kier molecular flexibility index (Phi) is 5.09. The molecular weight excluding hydrogens is 240 g/mol. The van der Waals surface area contributed by atoms with E-state index in [9.17, 15) is 9.59 Å². The van der Waals surface area contributed by atoms with E-state index in [0.29, 0.717) is 18.0 Å². The predicted octanol–water partition coefficient (Wildman–Crippen LogP) is 2.14. The molecule has 0 aliphatic heterocycles. The predicted molar refractivity (Wildman–Crippen MR) is 66.2 cm³/mol. The van der Waals surface area contributed by atoms with Crippen LogP contribution in [-0.4, -0.2) is 22.0 Å². The molecule has 17 heavy (non-hydrogen) atoms. The van der Waals surface area contributed by atoms with Crippen LogP contribution < -0.4 is 5.32 Å². The van der Waals surface area contributed by atoms with Crippen LogP contribution in [-0.2, 0) is 16.0 Å². The summed E-state index contributed by atoms with van der Waals surface area (Å²) >= 11 is 1.36. The molecule has 0 aliphatic carbocycles. The summed E-state index contributed by atoms with van der Waals surface area (Å²) in [5.74, 6) is -0.931. The molecule has 0 aromatic carbocycles. The van der Waals surface area contributed by atoms with Gasteiger partial charge in [0.05, 0.1) is 5.69 Å². The van der Waals surface area contributed by atoms with Crippen molar-refractivity contribution < 1.29 is 14.7 Å². The number of aliphatic carboxylic acids is 1. The number of hydrogen-bond acceptors (Lipinski definition) is 4. The molecule has 1 rings (SSSR count). The van der Waals surface area contributed by atoms with E-state index in [4.69, 9.17) is 5.11 Å². The molecule has 5 nitrogen and oxygen atoms in total. The first-order chi connectivity index (χ1) is 7.99. The summed E-state index contributed by atoms with van der Waals surface area (Å²) in [6.07, 6.45) is 1.34. The van der Waals surface area contributed by atoms with Gasteiger partial charge in [0.1, 0.15) is 0 Å². The number of rotatable bonds is 6. The number of amides is 1. The molecule has 0 spiro atoms. The van der Waals surface area contributed by atoms with Gasteiger partial charge < -0.3 is 10.4 Å². The molecule has 6 heteroatoms. The monoisotopic (exact) mass is 256 g/mol. The van der Waals surface area contributed by atoms with Gasteiger partial charge in [0.25, 0.3) is 0 Å². The summed E-state index contributed by atoms with van der Waals surface area (Å²) in [6, 6.07) is 0. The molecular formula is C11H16N2O3S. The molecule has 94 valence electrons. The van der Waals surface area contributed by atoms with E-state index in [1.165, 1.54) is 11.3 Å². The van der Waals surface area contributed by atoms with Gasteiger partial charge >= 0.3 is 5.97 Å². The third kappa shape index (κ3) is 4.95. The van der Waals surface area contributed by atoms with Crippen LogP contribution in [0.15, 0.2) is 5.38 Å². The third-order valence-corrected chi connectivity index (χ3v) is 2.94. The van der Waals surface area contributed by atoms with Crippen LogP contribution >= 0.6 is 11.3 Å². The number of carboxylic acid groups (broad SMARTS) is 1. The third-order valence-electron chi connectivity index (χ3n) is 2.13. The van der Waals surface area contributed by atoms with Crippen molar-refractivity contribution in [2.75, 3.05) is 5.32 Å². The van der Waals surface area contributed by atoms with E-state index in [1.54, 1.807) is 0 Å². The molecule has 1 aromatic rings. The maximum absolute atomic E-state index is 11.4. The van der Waals surface area contributed by atoms with E-state index in [2.05, 4.69) is 10.3 Å². The standard InChI is InChI=1S/C11H16N2O3S/c1-7(2)10(16)13-11-12-8(6-17-11)4-3-5-9(14)15/h6-7H,3-5H2,1-2H3,(H,14,15)(H,12,13,16). The second-order valence-corrected chi connectivity index (χ2v) is 4.89. The fraction of sp³-hybridized carbons (Fsp3) is 0.545. The summed E-state index contributed by atoms with van der Waals surface area (Å²) < 4.78 is 0. The number of aromatic nitrogens is 1. The van der Waals surface area contributed by atoms with Gasteiger partial charge in [-0.1, -0.05) is 13.8 Å². The first kappa shape index (κ1) is 13.6. The normalized spacial score (nSPS) is 10.5. The largest absolute Gasteiger partial charge is 0.481 e. The van der Waals surface area contributed by atoms with Gasteiger partial charge in [0.15, 0.2) is 5.13 Å². The maximum Gasteiger partial charge on any atom is 0.303 e. The molecule has 0 atom stereocenters. The molecule has 1 amide bonds. The average molecular weight is 256 g/mol. The van der Waals surface area contributed by atoms with Crippen LogP contribution in [0, 0.1) is 5.92 Å². The Labute approximate surface area is 104 Å². The highest BCUT2D eigenvalue weighted by Gasteiger charge is 2.10. The Morgan fingerprint density at radius 2 is 2.24 bits per heavy atom. The summed E-state index contributed by atoms with van der Waals surface area (Å²) in [5, 5.41) is 13.6. The highest BCUT2D eigenvalue weighted by molar-refractivity contribution is 7.13. The van der Waals surface area contributed by atoms with Crippen LogP contribution in [0.2, 0.25) is 0 Å². The van der Waals surface area contributed by atoms with Crippen molar-refractivity contribution in [2.24, 2.45) is 5.92 Å². The zero-order valence-corrected chi connectivity index (χ0v) is 10.7. The van der Waals surface area contributed by atoms with E-state index < -0.39 is 5.97 Å². The van der Waals surface area contributed by atoms with Crippen LogP contribution in [0.5, 0.6) is 0 Å². The van der Waals surface area contributed by atoms with Crippen LogP contribution in [0.4, 0.5) is 5.13 Å². The van der Waals surface area contributed by atoms with Gasteiger partial charge in [-0.25, -0.2) is 4.98 Å².